The highest BCUT2D eigenvalue weighted by Gasteiger charge is 2.56. The summed E-state index contributed by atoms with van der Waals surface area (Å²) in [7, 11) is 1.55. The number of ether oxygens (including phenoxy) is 2. The van der Waals surface area contributed by atoms with Gasteiger partial charge in [-0.05, 0) is 49.6 Å². The summed E-state index contributed by atoms with van der Waals surface area (Å²) in [6.45, 7) is 1.34. The van der Waals surface area contributed by atoms with Crippen LogP contribution in [0.25, 0.3) is 0 Å². The predicted molar refractivity (Wildman–Crippen MR) is 148 cm³/mol. The number of para-hydroxylation sites is 1. The first-order chi connectivity index (χ1) is 19.0. The van der Waals surface area contributed by atoms with Crippen LogP contribution in [0.2, 0.25) is 0 Å². The molecule has 0 radical (unpaired) electrons. The molecule has 3 aliphatic rings. The Bertz CT molecular complexity index is 1480. The number of hydrogen-bond acceptors (Lipinski definition) is 8. The number of carbonyl (C=O) groups is 3. The van der Waals surface area contributed by atoms with Crippen molar-refractivity contribution in [1.82, 2.24) is 9.88 Å². The molecule has 2 saturated heterocycles. The van der Waals surface area contributed by atoms with Crippen LogP contribution in [0, 0.1) is 5.92 Å². The number of amides is 3. The third kappa shape index (κ3) is 4.63. The molecule has 0 saturated carbocycles. The molecule has 0 spiro atoms. The number of likely N-dealkylation sites (tertiary alicyclic amines) is 1. The van der Waals surface area contributed by atoms with Gasteiger partial charge in [0, 0.05) is 29.4 Å². The molecule has 0 bridgehead atoms. The molecule has 2 fully saturated rings. The highest BCUT2D eigenvalue weighted by Crippen LogP contribution is 2.54. The molecule has 4 heterocycles. The van der Waals surface area contributed by atoms with Crippen LogP contribution < -0.4 is 19.2 Å². The zero-order valence-electron chi connectivity index (χ0n) is 21.3. The lowest BCUT2D eigenvalue weighted by Crippen LogP contribution is -2.38. The summed E-state index contributed by atoms with van der Waals surface area (Å²) < 4.78 is 11.3. The minimum absolute atomic E-state index is 0.0774. The Morgan fingerprint density at radius 2 is 1.74 bits per heavy atom. The number of piperidine rings is 1. The average molecular weight is 566 g/mol. The first-order valence-corrected chi connectivity index (χ1v) is 14.6. The maximum Gasteiger partial charge on any atom is 0.305 e. The molecule has 2 aromatic carbocycles. The van der Waals surface area contributed by atoms with Gasteiger partial charge < -0.3 is 19.4 Å². The monoisotopic (exact) mass is 565 g/mol. The number of thioether (sulfide) groups is 1. The maximum atomic E-state index is 14.0. The smallest absolute Gasteiger partial charge is 0.305 e. The van der Waals surface area contributed by atoms with Gasteiger partial charge in [0.25, 0.3) is 5.91 Å². The van der Waals surface area contributed by atoms with Crippen molar-refractivity contribution in [2.75, 3.05) is 31.7 Å². The number of H-pyrrole nitrogens is 1. The van der Waals surface area contributed by atoms with Crippen molar-refractivity contribution in [3.63, 3.8) is 0 Å². The number of aromatic nitrogens is 1. The molecule has 3 aliphatic heterocycles. The molecule has 3 amide bonds. The van der Waals surface area contributed by atoms with E-state index < -0.39 is 17.1 Å². The van der Waals surface area contributed by atoms with Gasteiger partial charge in [-0.15, -0.1) is 0 Å². The fourth-order valence-electron chi connectivity index (χ4n) is 5.58. The van der Waals surface area contributed by atoms with E-state index in [2.05, 4.69) is 4.98 Å². The van der Waals surface area contributed by atoms with E-state index in [9.17, 15) is 19.2 Å². The third-order valence-corrected chi connectivity index (χ3v) is 9.87. The molecular weight excluding hydrogens is 538 g/mol. The molecule has 3 atom stereocenters. The van der Waals surface area contributed by atoms with Crippen molar-refractivity contribution in [1.29, 1.82) is 0 Å². The molecular formula is C28H27N3O6S2. The number of hydrogen-bond donors (Lipinski definition) is 1. The molecule has 11 heteroatoms. The lowest BCUT2D eigenvalue weighted by Gasteiger charge is -2.31. The molecule has 1 N–H and O–H groups in total. The molecule has 9 nitrogen and oxygen atoms in total. The second-order valence-corrected chi connectivity index (χ2v) is 11.9. The Morgan fingerprint density at radius 1 is 1.00 bits per heavy atom. The molecule has 6 rings (SSSR count). The third-order valence-electron chi connectivity index (χ3n) is 7.47. The van der Waals surface area contributed by atoms with E-state index in [1.165, 1.54) is 16.7 Å². The Kier molecular flexibility index (Phi) is 6.94. The van der Waals surface area contributed by atoms with Crippen LogP contribution in [0.15, 0.2) is 58.4 Å². The van der Waals surface area contributed by atoms with Crippen LogP contribution in [0.3, 0.4) is 0 Å². The van der Waals surface area contributed by atoms with E-state index in [4.69, 9.17) is 9.47 Å². The summed E-state index contributed by atoms with van der Waals surface area (Å²) >= 11 is 2.27. The van der Waals surface area contributed by atoms with Crippen molar-refractivity contribution in [3.05, 3.63) is 68.6 Å². The van der Waals surface area contributed by atoms with Gasteiger partial charge in [0.05, 0.1) is 23.7 Å². The minimum Gasteiger partial charge on any atom is -0.497 e. The number of aromatic amines is 1. The summed E-state index contributed by atoms with van der Waals surface area (Å²) in [6, 6.07) is 14.1. The molecule has 39 heavy (non-hydrogen) atoms. The number of rotatable bonds is 6. The van der Waals surface area contributed by atoms with Crippen molar-refractivity contribution >= 4 is 46.5 Å². The van der Waals surface area contributed by atoms with Crippen LogP contribution in [-0.4, -0.2) is 59.7 Å². The van der Waals surface area contributed by atoms with Gasteiger partial charge in [0.2, 0.25) is 11.8 Å². The lowest BCUT2D eigenvalue weighted by molar-refractivity contribution is -0.134. The van der Waals surface area contributed by atoms with Crippen LogP contribution in [-0.2, 0) is 14.4 Å². The number of fused-ring (bicyclic) bond motifs is 2. The number of anilines is 1. The Morgan fingerprint density at radius 3 is 2.49 bits per heavy atom. The quantitative estimate of drug-likeness (QED) is 0.455. The van der Waals surface area contributed by atoms with E-state index in [0.717, 1.165) is 43.7 Å². The summed E-state index contributed by atoms with van der Waals surface area (Å²) in [5.74, 6) is -0.991. The van der Waals surface area contributed by atoms with E-state index >= 15 is 0 Å². The van der Waals surface area contributed by atoms with Gasteiger partial charge in [-0.3, -0.25) is 19.2 Å². The van der Waals surface area contributed by atoms with E-state index in [1.807, 2.05) is 23.1 Å². The van der Waals surface area contributed by atoms with Crippen molar-refractivity contribution in [3.8, 4) is 11.5 Å². The van der Waals surface area contributed by atoms with E-state index in [0.29, 0.717) is 32.7 Å². The van der Waals surface area contributed by atoms with E-state index in [1.54, 1.807) is 37.4 Å². The largest absolute Gasteiger partial charge is 0.497 e. The van der Waals surface area contributed by atoms with Crippen LogP contribution in [0.4, 0.5) is 5.69 Å². The minimum atomic E-state index is -0.744. The van der Waals surface area contributed by atoms with Crippen LogP contribution in [0.5, 0.6) is 11.5 Å². The van der Waals surface area contributed by atoms with Gasteiger partial charge in [-0.25, -0.2) is 4.90 Å². The molecule has 1 aromatic heterocycles. The Hall–Kier alpha value is -3.57. The second-order valence-electron chi connectivity index (χ2n) is 9.73. The normalized spacial score (nSPS) is 22.4. The van der Waals surface area contributed by atoms with Gasteiger partial charge in [0.1, 0.15) is 16.7 Å². The molecule has 0 aliphatic carbocycles. The van der Waals surface area contributed by atoms with Crippen molar-refractivity contribution in [2.45, 2.75) is 35.5 Å². The zero-order valence-corrected chi connectivity index (χ0v) is 22.9. The van der Waals surface area contributed by atoms with Gasteiger partial charge in [0.15, 0.2) is 6.61 Å². The summed E-state index contributed by atoms with van der Waals surface area (Å²) in [4.78, 5) is 59.2. The SMILES string of the molecule is COc1ccc(N2C(=O)C3Sc4[nH]c(=O)sc4[C@H](c4ccccc4OCC(=O)N4CCCCC4)C3C2=O)cc1. The average Bonchev–Trinajstić information content (AvgIpc) is 3.46. The zero-order chi connectivity index (χ0) is 27.1. The topological polar surface area (TPSA) is 109 Å². The highest BCUT2D eigenvalue weighted by molar-refractivity contribution is 8.00. The number of imide groups is 1. The number of methoxy groups -OCH3 is 1. The standard InChI is InChI=1S/C28H27N3O6S2/c1-36-17-11-9-16(10-12-17)31-26(33)22-21(23-25(29-28(35)39-23)38-24(22)27(31)34)18-7-3-4-8-19(18)37-15-20(32)30-13-5-2-6-14-30/h3-4,7-12,21-22,24H,2,5-6,13-15H2,1H3,(H,29,35)/t21-,22?,24?/m1/s1. The summed E-state index contributed by atoms with van der Waals surface area (Å²) in [6.07, 6.45) is 3.10. The second kappa shape index (κ2) is 10.5. The fourth-order valence-corrected chi connectivity index (χ4v) is 8.09. The van der Waals surface area contributed by atoms with Gasteiger partial charge in [-0.1, -0.05) is 41.3 Å². The summed E-state index contributed by atoms with van der Waals surface area (Å²) in [5.41, 5.74) is 1.14. The lowest BCUT2D eigenvalue weighted by atomic mass is 9.82. The van der Waals surface area contributed by atoms with Crippen LogP contribution in [0.1, 0.15) is 35.6 Å². The van der Waals surface area contributed by atoms with Gasteiger partial charge in [-0.2, -0.15) is 0 Å². The highest BCUT2D eigenvalue weighted by atomic mass is 32.2. The summed E-state index contributed by atoms with van der Waals surface area (Å²) in [5, 5.41) is -0.126. The Labute approximate surface area is 233 Å². The van der Waals surface area contributed by atoms with E-state index in [-0.39, 0.29) is 29.2 Å². The van der Waals surface area contributed by atoms with Gasteiger partial charge >= 0.3 is 4.87 Å². The predicted octanol–water partition coefficient (Wildman–Crippen LogP) is 3.63. The first-order valence-electron chi connectivity index (χ1n) is 12.9. The number of nitrogens with zero attached hydrogens (tertiary/aromatic N) is 2. The number of thiazole rings is 1. The maximum absolute atomic E-state index is 14.0. The van der Waals surface area contributed by atoms with Crippen molar-refractivity contribution < 1.29 is 23.9 Å². The Balaban J connectivity index is 1.36. The molecule has 202 valence electrons. The number of benzene rings is 2. The molecule has 3 aromatic rings. The fraction of sp³-hybridized carbons (Fsp3) is 0.357. The molecule has 2 unspecified atom stereocenters. The first kappa shape index (κ1) is 25.7. The number of nitrogens with one attached hydrogen (secondary N) is 1. The number of carbonyl (C=O) groups excluding carboxylic acids is 3. The van der Waals surface area contributed by atoms with Crippen molar-refractivity contribution in [2.24, 2.45) is 5.92 Å². The van der Waals surface area contributed by atoms with Crippen LogP contribution >= 0.6 is 23.1 Å².